The van der Waals surface area contributed by atoms with Gasteiger partial charge in [-0.15, -0.1) is 0 Å². The number of aryl methyl sites for hydroxylation is 1. The van der Waals surface area contributed by atoms with Crippen molar-refractivity contribution in [3.05, 3.63) is 52.1 Å². The van der Waals surface area contributed by atoms with E-state index in [-0.39, 0.29) is 12.5 Å². The van der Waals surface area contributed by atoms with Crippen LogP contribution < -0.4 is 9.47 Å². The molecule has 1 fully saturated rings. The largest absolute Gasteiger partial charge is 0.496 e. The third-order valence-electron chi connectivity index (χ3n) is 7.28. The van der Waals surface area contributed by atoms with Gasteiger partial charge in [0.25, 0.3) is 5.91 Å². The quantitative estimate of drug-likeness (QED) is 0.396. The minimum Gasteiger partial charge on any atom is -0.496 e. The van der Waals surface area contributed by atoms with Crippen molar-refractivity contribution in [1.29, 1.82) is 0 Å². The molecule has 4 aromatic rings. The topological polar surface area (TPSA) is 83.6 Å². The molecule has 5 heterocycles. The summed E-state index contributed by atoms with van der Waals surface area (Å²) in [6, 6.07) is 5.99. The Hall–Kier alpha value is -3.63. The van der Waals surface area contributed by atoms with Crippen LogP contribution in [0, 0.1) is 6.92 Å². The van der Waals surface area contributed by atoms with E-state index in [4.69, 9.17) is 19.3 Å². The number of methoxy groups -OCH3 is 1. The molecule has 192 valence electrons. The molecule has 0 unspecified atom stereocenters. The van der Waals surface area contributed by atoms with Crippen LogP contribution in [0.4, 0.5) is 0 Å². The van der Waals surface area contributed by atoms with Crippen molar-refractivity contribution in [2.45, 2.75) is 32.9 Å². The van der Waals surface area contributed by atoms with Gasteiger partial charge in [0.15, 0.2) is 5.69 Å². The highest BCUT2D eigenvalue weighted by atomic mass is 32.1. The molecular formula is C27H29N5O4S. The number of thiophene rings is 1. The van der Waals surface area contributed by atoms with Crippen molar-refractivity contribution in [3.63, 3.8) is 0 Å². The van der Waals surface area contributed by atoms with Gasteiger partial charge in [-0.1, -0.05) is 0 Å². The molecule has 0 saturated carbocycles. The number of hydrogen-bond acceptors (Lipinski definition) is 7. The normalized spacial score (nSPS) is 16.2. The average Bonchev–Trinajstić information content (AvgIpc) is 3.62. The van der Waals surface area contributed by atoms with Gasteiger partial charge in [-0.05, 0) is 38.3 Å². The molecule has 1 amide bonds. The third kappa shape index (κ3) is 3.74. The maximum Gasteiger partial charge on any atom is 0.275 e. The number of carbonyl (C=O) groups excluding carboxylic acids is 1. The number of benzene rings is 1. The van der Waals surface area contributed by atoms with Crippen molar-refractivity contribution in [1.82, 2.24) is 24.5 Å². The van der Waals surface area contributed by atoms with Crippen LogP contribution in [0.15, 0.2) is 35.2 Å². The lowest BCUT2D eigenvalue weighted by Crippen LogP contribution is -2.55. The Balaban J connectivity index is 1.56. The van der Waals surface area contributed by atoms with E-state index in [1.165, 1.54) is 0 Å². The molecule has 2 aliphatic heterocycles. The van der Waals surface area contributed by atoms with Crippen LogP contribution in [0.25, 0.3) is 28.1 Å². The third-order valence-corrected chi connectivity index (χ3v) is 7.95. The second-order valence-electron chi connectivity index (χ2n) is 10.00. The van der Waals surface area contributed by atoms with Gasteiger partial charge in [-0.25, -0.2) is 4.68 Å². The van der Waals surface area contributed by atoms with Crippen LogP contribution in [-0.4, -0.2) is 62.8 Å². The summed E-state index contributed by atoms with van der Waals surface area (Å²) in [6.45, 7) is 7.83. The predicted octanol–water partition coefficient (Wildman–Crippen LogP) is 4.46. The van der Waals surface area contributed by atoms with Crippen LogP contribution >= 0.6 is 11.3 Å². The fourth-order valence-corrected chi connectivity index (χ4v) is 5.74. The highest BCUT2D eigenvalue weighted by Gasteiger charge is 2.39. The predicted molar refractivity (Wildman–Crippen MR) is 141 cm³/mol. The molecule has 0 spiro atoms. The maximum atomic E-state index is 13.9. The van der Waals surface area contributed by atoms with E-state index in [9.17, 15) is 4.79 Å². The minimum atomic E-state index is -0.430. The molecule has 0 aliphatic carbocycles. The highest BCUT2D eigenvalue weighted by Crippen LogP contribution is 2.46. The fourth-order valence-electron chi connectivity index (χ4n) is 5.12. The molecule has 0 bridgehead atoms. The summed E-state index contributed by atoms with van der Waals surface area (Å²) < 4.78 is 21.4. The monoisotopic (exact) mass is 519 g/mol. The maximum absolute atomic E-state index is 13.9. The van der Waals surface area contributed by atoms with Gasteiger partial charge in [-0.3, -0.25) is 9.48 Å². The molecule has 0 radical (unpaired) electrons. The van der Waals surface area contributed by atoms with Crippen molar-refractivity contribution >= 4 is 17.2 Å². The van der Waals surface area contributed by atoms with Gasteiger partial charge in [0.1, 0.15) is 18.1 Å². The van der Waals surface area contributed by atoms with Crippen LogP contribution in [0.3, 0.4) is 0 Å². The van der Waals surface area contributed by atoms with E-state index in [1.807, 2.05) is 71.2 Å². The molecule has 37 heavy (non-hydrogen) atoms. The first-order valence-electron chi connectivity index (χ1n) is 12.2. The van der Waals surface area contributed by atoms with Gasteiger partial charge in [-0.2, -0.15) is 21.5 Å². The van der Waals surface area contributed by atoms with Crippen LogP contribution in [0.1, 0.15) is 35.6 Å². The zero-order chi connectivity index (χ0) is 25.9. The highest BCUT2D eigenvalue weighted by molar-refractivity contribution is 7.08. The lowest BCUT2D eigenvalue weighted by Gasteiger charge is -2.41. The van der Waals surface area contributed by atoms with E-state index in [1.54, 1.807) is 18.4 Å². The molecule has 1 saturated heterocycles. The zero-order valence-corrected chi connectivity index (χ0v) is 22.4. The Morgan fingerprint density at radius 1 is 1.22 bits per heavy atom. The summed E-state index contributed by atoms with van der Waals surface area (Å²) in [5.41, 5.74) is 6.29. The number of ether oxygens (including phenoxy) is 3. The fraction of sp³-hybridized carbons (Fsp3) is 0.370. The lowest BCUT2D eigenvalue weighted by atomic mass is 9.95. The molecule has 3 aromatic heterocycles. The number of amides is 1. The summed E-state index contributed by atoms with van der Waals surface area (Å²) in [5.74, 6) is 1.28. The average molecular weight is 520 g/mol. The number of nitrogens with zero attached hydrogens (tertiary/aromatic N) is 5. The van der Waals surface area contributed by atoms with Crippen molar-refractivity contribution in [3.8, 4) is 39.6 Å². The summed E-state index contributed by atoms with van der Waals surface area (Å²) in [5, 5.41) is 13.4. The Bertz CT molecular complexity index is 1500. The number of morpholine rings is 1. The van der Waals surface area contributed by atoms with Crippen molar-refractivity contribution < 1.29 is 19.0 Å². The van der Waals surface area contributed by atoms with Gasteiger partial charge >= 0.3 is 0 Å². The Morgan fingerprint density at radius 2 is 2.05 bits per heavy atom. The van der Waals surface area contributed by atoms with E-state index in [0.717, 1.165) is 39.3 Å². The van der Waals surface area contributed by atoms with Crippen LogP contribution in [-0.2, 0) is 18.4 Å². The first kappa shape index (κ1) is 23.7. The first-order chi connectivity index (χ1) is 17.8. The summed E-state index contributed by atoms with van der Waals surface area (Å²) in [7, 11) is 3.57. The first-order valence-corrected chi connectivity index (χ1v) is 13.1. The van der Waals surface area contributed by atoms with Gasteiger partial charge < -0.3 is 19.1 Å². The zero-order valence-electron chi connectivity index (χ0n) is 21.6. The van der Waals surface area contributed by atoms with Crippen molar-refractivity contribution in [2.75, 3.05) is 26.9 Å². The lowest BCUT2D eigenvalue weighted by molar-refractivity contribution is -0.0374. The van der Waals surface area contributed by atoms with E-state index in [0.29, 0.717) is 37.0 Å². The number of aromatic nitrogens is 4. The van der Waals surface area contributed by atoms with Crippen molar-refractivity contribution in [2.24, 2.45) is 7.05 Å². The van der Waals surface area contributed by atoms with E-state index in [2.05, 4.69) is 11.2 Å². The molecule has 0 atom stereocenters. The number of carbonyl (C=O) groups is 1. The standard InChI is InChI=1S/C27H29N5O4S/c1-16-20(12-28-30(16)4)18-10-19-23(11-22(18)34-5)36-13-21-24(26(33)31-7-8-35-15-27(31,2)3)29-32(25(19)21)17-6-9-37-14-17/h6,9-12,14H,7-8,13,15H2,1-5H3. The Morgan fingerprint density at radius 3 is 2.73 bits per heavy atom. The second-order valence-corrected chi connectivity index (χ2v) is 10.8. The smallest absolute Gasteiger partial charge is 0.275 e. The van der Waals surface area contributed by atoms with Gasteiger partial charge in [0.2, 0.25) is 0 Å². The molecular weight excluding hydrogens is 490 g/mol. The molecule has 9 nitrogen and oxygen atoms in total. The Kier molecular flexibility index (Phi) is 5.61. The molecule has 2 aliphatic rings. The number of fused-ring (bicyclic) bond motifs is 3. The second kappa shape index (κ2) is 8.74. The molecule has 6 rings (SSSR count). The van der Waals surface area contributed by atoms with E-state index >= 15 is 0 Å². The van der Waals surface area contributed by atoms with Gasteiger partial charge in [0, 0.05) is 53.0 Å². The molecule has 1 aromatic carbocycles. The SMILES string of the molecule is COc1cc2c(cc1-c1cnn(C)c1C)-c1c(c(C(=O)N3CCOCC3(C)C)nn1-c1ccsc1)CO2. The summed E-state index contributed by atoms with van der Waals surface area (Å²) in [6.07, 6.45) is 1.84. The molecule has 0 N–H and O–H groups in total. The van der Waals surface area contributed by atoms with Crippen LogP contribution in [0.5, 0.6) is 11.5 Å². The molecule has 10 heteroatoms. The van der Waals surface area contributed by atoms with Crippen LogP contribution in [0.2, 0.25) is 0 Å². The minimum absolute atomic E-state index is 0.109. The van der Waals surface area contributed by atoms with Gasteiger partial charge in [0.05, 0.1) is 43.4 Å². The van der Waals surface area contributed by atoms with E-state index < -0.39 is 5.54 Å². The number of rotatable bonds is 4. The number of hydrogen-bond donors (Lipinski definition) is 0. The summed E-state index contributed by atoms with van der Waals surface area (Å²) >= 11 is 1.59. The summed E-state index contributed by atoms with van der Waals surface area (Å²) in [4.78, 5) is 15.8. The Labute approximate surface area is 219 Å².